The smallest absolute Gasteiger partial charge is 0.228 e. The van der Waals surface area contributed by atoms with Crippen molar-refractivity contribution in [2.24, 2.45) is 5.41 Å². The molecule has 3 saturated heterocycles. The van der Waals surface area contributed by atoms with E-state index in [0.717, 1.165) is 42.5 Å². The van der Waals surface area contributed by atoms with Crippen LogP contribution in [0.2, 0.25) is 5.02 Å². The van der Waals surface area contributed by atoms with E-state index in [2.05, 4.69) is 34.1 Å². The topological polar surface area (TPSA) is 67.8 Å². The first-order chi connectivity index (χ1) is 19.3. The fourth-order valence-corrected chi connectivity index (χ4v) is 8.91. The predicted molar refractivity (Wildman–Crippen MR) is 156 cm³/mol. The zero-order valence-electron chi connectivity index (χ0n) is 22.4. The molecular weight excluding hydrogens is 527 g/mol. The number of phenolic OH excluding ortho intramolecular Hbond substituents is 1. The van der Waals surface area contributed by atoms with Crippen LogP contribution < -0.4 is 15.1 Å². The Bertz CT molecular complexity index is 1760. The Balaban J connectivity index is 1.25. The number of hydrogen-bond acceptors (Lipinski definition) is 7. The normalized spacial score (nSPS) is 30.1. The monoisotopic (exact) mass is 556 g/mol. The van der Waals surface area contributed by atoms with Crippen LogP contribution in [0.25, 0.3) is 32.8 Å². The second-order valence-corrected chi connectivity index (χ2v) is 13.1. The molecule has 2 N–H and O–H groups in total. The van der Waals surface area contributed by atoms with Gasteiger partial charge in [0.1, 0.15) is 17.1 Å². The molecule has 5 fully saturated rings. The minimum atomic E-state index is -0.468. The molecule has 2 saturated carbocycles. The molecule has 4 aromatic rings. The van der Waals surface area contributed by atoms with Crippen molar-refractivity contribution in [1.82, 2.24) is 20.2 Å². The van der Waals surface area contributed by atoms with Crippen LogP contribution in [0, 0.1) is 11.2 Å². The lowest BCUT2D eigenvalue weighted by Gasteiger charge is -2.72. The molecule has 4 heterocycles. The number of rotatable bonds is 4. The Morgan fingerprint density at radius 2 is 1.88 bits per heavy atom. The van der Waals surface area contributed by atoms with Gasteiger partial charge in [-0.3, -0.25) is 0 Å². The second kappa shape index (κ2) is 7.75. The third-order valence-electron chi connectivity index (χ3n) is 10.7. The molecule has 40 heavy (non-hydrogen) atoms. The number of aromatic hydroxyl groups is 1. The fraction of sp³-hybridized carbons (Fsp3) is 0.419. The van der Waals surface area contributed by atoms with E-state index in [1.165, 1.54) is 6.42 Å². The number of phenols is 1. The molecule has 1 aromatic heterocycles. The van der Waals surface area contributed by atoms with E-state index in [9.17, 15) is 5.11 Å². The first kappa shape index (κ1) is 23.5. The molecule has 9 heteroatoms. The fourth-order valence-electron chi connectivity index (χ4n) is 8.61. The molecule has 2 bridgehead atoms. The van der Waals surface area contributed by atoms with Crippen LogP contribution in [0.3, 0.4) is 0 Å². The lowest BCUT2D eigenvalue weighted by atomic mass is 9.51. The summed E-state index contributed by atoms with van der Waals surface area (Å²) < 4.78 is 16.8. The number of anilines is 2. The SMILES string of the molecule is CN(C)C1CN(c2nc(N3C4CC5CC46C(CC36)N5)c3cc(Cl)c(-c4cc(O)cc5ccccc45)c(F)c3n2)C1. The minimum Gasteiger partial charge on any atom is -0.508 e. The van der Waals surface area contributed by atoms with Gasteiger partial charge in [0.25, 0.3) is 0 Å². The van der Waals surface area contributed by atoms with E-state index < -0.39 is 5.82 Å². The quantitative estimate of drug-likeness (QED) is 0.375. The van der Waals surface area contributed by atoms with Gasteiger partial charge in [0.2, 0.25) is 5.95 Å². The number of piperidine rings is 2. The second-order valence-electron chi connectivity index (χ2n) is 12.7. The first-order valence-electron chi connectivity index (χ1n) is 14.2. The molecule has 2 aliphatic carbocycles. The first-order valence-corrected chi connectivity index (χ1v) is 14.6. The van der Waals surface area contributed by atoms with Gasteiger partial charge in [0.05, 0.1) is 5.02 Å². The third-order valence-corrected chi connectivity index (χ3v) is 10.9. The number of nitrogens with zero attached hydrogens (tertiary/aromatic N) is 5. The summed E-state index contributed by atoms with van der Waals surface area (Å²) in [6.07, 6.45) is 3.44. The van der Waals surface area contributed by atoms with Crippen molar-refractivity contribution in [1.29, 1.82) is 0 Å². The summed E-state index contributed by atoms with van der Waals surface area (Å²) in [5.41, 5.74) is 1.46. The van der Waals surface area contributed by atoms with Crippen LogP contribution in [0.4, 0.5) is 16.2 Å². The van der Waals surface area contributed by atoms with Gasteiger partial charge in [-0.25, -0.2) is 9.37 Å². The standard InChI is InChI=1S/C31H30ClFN6O/c1-37(2)17-13-38(14-17)30-35-28-21(29(36-30)39-24-8-16-12-31(24)23(34-16)11-25(31)39)10-22(32)26(27(28)33)20-9-18(40)7-15-5-3-4-6-19(15)20/h3-7,9-10,16-17,23-25,34,40H,8,11-14H2,1-2H3. The average Bonchev–Trinajstić information content (AvgIpc) is 3.40. The van der Waals surface area contributed by atoms with Crippen LogP contribution in [0.1, 0.15) is 19.3 Å². The van der Waals surface area contributed by atoms with E-state index >= 15 is 4.39 Å². The predicted octanol–water partition coefficient (Wildman–Crippen LogP) is 4.78. The molecular formula is C31H30ClFN6O. The molecule has 0 amide bonds. The van der Waals surface area contributed by atoms with Crippen molar-refractivity contribution in [3.05, 3.63) is 53.3 Å². The van der Waals surface area contributed by atoms with E-state index in [1.54, 1.807) is 12.1 Å². The van der Waals surface area contributed by atoms with Gasteiger partial charge in [-0.15, -0.1) is 0 Å². The summed E-state index contributed by atoms with van der Waals surface area (Å²) in [6.45, 7) is 1.62. The summed E-state index contributed by atoms with van der Waals surface area (Å²) in [5, 5.41) is 16.9. The van der Waals surface area contributed by atoms with E-state index in [1.807, 2.05) is 30.3 Å². The molecule has 1 spiro atoms. The molecule has 9 rings (SSSR count). The summed E-state index contributed by atoms with van der Waals surface area (Å²) in [6, 6.07) is 15.2. The van der Waals surface area contributed by atoms with Gasteiger partial charge < -0.3 is 25.1 Å². The molecule has 7 nitrogen and oxygen atoms in total. The average molecular weight is 557 g/mol. The van der Waals surface area contributed by atoms with Crippen molar-refractivity contribution >= 4 is 45.0 Å². The lowest BCUT2D eigenvalue weighted by molar-refractivity contribution is -0.0465. The minimum absolute atomic E-state index is 0.0685. The number of hydrogen-bond donors (Lipinski definition) is 2. The Kier molecular flexibility index (Phi) is 4.55. The van der Waals surface area contributed by atoms with Gasteiger partial charge >= 0.3 is 0 Å². The Morgan fingerprint density at radius 1 is 1.07 bits per heavy atom. The maximum atomic E-state index is 16.8. The van der Waals surface area contributed by atoms with Crippen LogP contribution >= 0.6 is 11.6 Å². The highest BCUT2D eigenvalue weighted by atomic mass is 35.5. The zero-order chi connectivity index (χ0) is 27.1. The summed E-state index contributed by atoms with van der Waals surface area (Å²) in [4.78, 5) is 16.8. The number of halogens is 2. The lowest BCUT2D eigenvalue weighted by Crippen LogP contribution is -2.83. The molecule has 3 aliphatic heterocycles. The van der Waals surface area contributed by atoms with Crippen molar-refractivity contribution in [3.8, 4) is 16.9 Å². The third kappa shape index (κ3) is 2.82. The van der Waals surface area contributed by atoms with E-state index in [-0.39, 0.29) is 11.3 Å². The van der Waals surface area contributed by atoms with E-state index in [4.69, 9.17) is 21.6 Å². The van der Waals surface area contributed by atoms with Gasteiger partial charge in [-0.2, -0.15) is 4.98 Å². The highest BCUT2D eigenvalue weighted by molar-refractivity contribution is 6.35. The van der Waals surface area contributed by atoms with Crippen LogP contribution in [-0.4, -0.2) is 77.4 Å². The van der Waals surface area contributed by atoms with Crippen LogP contribution in [0.5, 0.6) is 5.75 Å². The maximum absolute atomic E-state index is 16.8. The van der Waals surface area contributed by atoms with Crippen molar-refractivity contribution in [3.63, 3.8) is 0 Å². The summed E-state index contributed by atoms with van der Waals surface area (Å²) >= 11 is 6.93. The van der Waals surface area contributed by atoms with Crippen LogP contribution in [0.15, 0.2) is 42.5 Å². The van der Waals surface area contributed by atoms with E-state index in [0.29, 0.717) is 63.1 Å². The zero-order valence-corrected chi connectivity index (χ0v) is 23.2. The molecule has 5 unspecified atom stereocenters. The van der Waals surface area contributed by atoms with Crippen molar-refractivity contribution in [2.45, 2.75) is 49.5 Å². The highest BCUT2D eigenvalue weighted by Gasteiger charge is 2.78. The van der Waals surface area contributed by atoms with Crippen LogP contribution in [-0.2, 0) is 0 Å². The number of nitrogens with one attached hydrogen (secondary N) is 1. The largest absolute Gasteiger partial charge is 0.508 e. The molecule has 0 radical (unpaired) electrons. The number of aromatic nitrogens is 2. The van der Waals surface area contributed by atoms with Gasteiger partial charge in [-0.05, 0) is 67.9 Å². The molecule has 5 aliphatic rings. The number of likely N-dealkylation sites (N-methyl/N-ethyl adjacent to an activating group) is 1. The van der Waals surface area contributed by atoms with Gasteiger partial charge in [-0.1, -0.05) is 35.9 Å². The Hall–Kier alpha value is -3.20. The number of fused-ring (bicyclic) bond motifs is 3. The summed E-state index contributed by atoms with van der Waals surface area (Å²) in [5.74, 6) is 0.989. The maximum Gasteiger partial charge on any atom is 0.228 e. The Morgan fingerprint density at radius 3 is 2.67 bits per heavy atom. The Labute approximate surface area is 236 Å². The molecule has 3 aromatic carbocycles. The van der Waals surface area contributed by atoms with Crippen molar-refractivity contribution < 1.29 is 9.50 Å². The van der Waals surface area contributed by atoms with Gasteiger partial charge in [0, 0.05) is 59.7 Å². The van der Waals surface area contributed by atoms with Crippen molar-refractivity contribution in [2.75, 3.05) is 37.0 Å². The molecule has 204 valence electrons. The summed E-state index contributed by atoms with van der Waals surface area (Å²) in [7, 11) is 4.16. The highest BCUT2D eigenvalue weighted by Crippen LogP contribution is 2.69. The number of benzene rings is 3. The molecule has 5 atom stereocenters. The van der Waals surface area contributed by atoms with Gasteiger partial charge in [0.15, 0.2) is 5.82 Å².